The number of fused-ring (bicyclic) bond motifs is 1. The quantitative estimate of drug-likeness (QED) is 0.382. The third-order valence-electron chi connectivity index (χ3n) is 6.36. The Morgan fingerprint density at radius 1 is 1.06 bits per heavy atom. The van der Waals surface area contributed by atoms with Crippen LogP contribution in [0.1, 0.15) is 53.6 Å². The van der Waals surface area contributed by atoms with Gasteiger partial charge >= 0.3 is 0 Å². The maximum Gasteiger partial charge on any atom is 0.263 e. The number of nitrogens with zero attached hydrogens (tertiary/aromatic N) is 4. The van der Waals surface area contributed by atoms with E-state index < -0.39 is 6.04 Å². The molecular formula is C29H33N5O2. The first kappa shape index (κ1) is 25.3. The Morgan fingerprint density at radius 2 is 1.78 bits per heavy atom. The molecule has 1 amide bonds. The lowest BCUT2D eigenvalue weighted by Gasteiger charge is -2.35. The minimum Gasteiger partial charge on any atom is -0.330 e. The second-order valence-corrected chi connectivity index (χ2v) is 9.44. The van der Waals surface area contributed by atoms with E-state index >= 15 is 0 Å². The fourth-order valence-electron chi connectivity index (χ4n) is 4.52. The van der Waals surface area contributed by atoms with E-state index in [1.54, 1.807) is 23.0 Å². The first-order chi connectivity index (χ1) is 17.4. The van der Waals surface area contributed by atoms with E-state index in [1.807, 2.05) is 66.4 Å². The second kappa shape index (κ2) is 11.3. The van der Waals surface area contributed by atoms with Crippen molar-refractivity contribution in [1.29, 1.82) is 0 Å². The second-order valence-electron chi connectivity index (χ2n) is 9.44. The lowest BCUT2D eigenvalue weighted by atomic mass is 9.98. The van der Waals surface area contributed by atoms with Crippen molar-refractivity contribution in [1.82, 2.24) is 19.4 Å². The van der Waals surface area contributed by atoms with Crippen molar-refractivity contribution in [2.45, 2.75) is 39.8 Å². The summed E-state index contributed by atoms with van der Waals surface area (Å²) in [6, 6.07) is 18.7. The Hall–Kier alpha value is -3.84. The number of aromatic nitrogens is 3. The average Bonchev–Trinajstić information content (AvgIpc) is 2.89. The van der Waals surface area contributed by atoms with Gasteiger partial charge in [0, 0.05) is 24.5 Å². The zero-order valence-electron chi connectivity index (χ0n) is 21.1. The lowest BCUT2D eigenvalue weighted by molar-refractivity contribution is 0.0602. The molecule has 4 aromatic rings. The van der Waals surface area contributed by atoms with Crippen LogP contribution in [0, 0.1) is 12.8 Å². The van der Waals surface area contributed by atoms with Crippen LogP contribution in [0.2, 0.25) is 0 Å². The van der Waals surface area contributed by atoms with Crippen LogP contribution in [0.4, 0.5) is 0 Å². The third-order valence-corrected chi connectivity index (χ3v) is 6.36. The molecule has 0 fully saturated rings. The summed E-state index contributed by atoms with van der Waals surface area (Å²) >= 11 is 0. The Kier molecular flexibility index (Phi) is 7.90. The maximum absolute atomic E-state index is 13.9. The highest BCUT2D eigenvalue weighted by Crippen LogP contribution is 2.30. The van der Waals surface area contributed by atoms with E-state index in [1.165, 1.54) is 0 Å². The van der Waals surface area contributed by atoms with E-state index in [0.717, 1.165) is 11.1 Å². The highest BCUT2D eigenvalue weighted by Gasteiger charge is 2.32. The zero-order chi connectivity index (χ0) is 25.7. The van der Waals surface area contributed by atoms with E-state index in [2.05, 4.69) is 18.8 Å². The minimum absolute atomic E-state index is 0.00890. The van der Waals surface area contributed by atoms with E-state index in [0.29, 0.717) is 48.3 Å². The SMILES string of the molecule is Cc1ccc(C(=O)N(CCCN)[C@@H](c2nc3ccncc3c(=O)n2Cc2ccccc2)C(C)C)cc1. The van der Waals surface area contributed by atoms with Gasteiger partial charge in [-0.15, -0.1) is 0 Å². The molecule has 0 aliphatic carbocycles. The summed E-state index contributed by atoms with van der Waals surface area (Å²) in [5.74, 6) is 0.456. The molecule has 2 aromatic heterocycles. The van der Waals surface area contributed by atoms with Gasteiger partial charge in [0.2, 0.25) is 0 Å². The number of rotatable bonds is 9. The van der Waals surface area contributed by atoms with E-state index in [-0.39, 0.29) is 17.4 Å². The third kappa shape index (κ3) is 5.36. The average molecular weight is 484 g/mol. The van der Waals surface area contributed by atoms with Gasteiger partial charge < -0.3 is 10.6 Å². The van der Waals surface area contributed by atoms with Crippen LogP contribution in [-0.2, 0) is 6.54 Å². The number of nitrogens with two attached hydrogens (primary N) is 1. The number of carbonyl (C=O) groups is 1. The predicted molar refractivity (Wildman–Crippen MR) is 143 cm³/mol. The van der Waals surface area contributed by atoms with Crippen LogP contribution < -0.4 is 11.3 Å². The molecular weight excluding hydrogens is 450 g/mol. The Labute approximate surface area is 211 Å². The summed E-state index contributed by atoms with van der Waals surface area (Å²) in [7, 11) is 0. The molecule has 7 heteroatoms. The van der Waals surface area contributed by atoms with Crippen molar-refractivity contribution in [3.05, 3.63) is 106 Å². The standard InChI is InChI=1S/C29H33N5O2/c1-20(2)26(33(17-7-15-30)28(35)23-12-10-21(3)11-13-23)27-32-25-14-16-31-18-24(25)29(36)34(27)19-22-8-5-4-6-9-22/h4-6,8-14,16,18,20,26H,7,15,17,19,30H2,1-3H3/t26-/m1/s1. The van der Waals surface area contributed by atoms with Crippen LogP contribution >= 0.6 is 0 Å². The number of hydrogen-bond acceptors (Lipinski definition) is 5. The van der Waals surface area contributed by atoms with E-state index in [9.17, 15) is 9.59 Å². The highest BCUT2D eigenvalue weighted by molar-refractivity contribution is 5.94. The lowest BCUT2D eigenvalue weighted by Crippen LogP contribution is -2.42. The number of hydrogen-bond donors (Lipinski definition) is 1. The smallest absolute Gasteiger partial charge is 0.263 e. The van der Waals surface area contributed by atoms with Gasteiger partial charge in [0.25, 0.3) is 11.5 Å². The van der Waals surface area contributed by atoms with Gasteiger partial charge in [-0.1, -0.05) is 61.9 Å². The summed E-state index contributed by atoms with van der Waals surface area (Å²) in [6.07, 6.45) is 3.83. The van der Waals surface area contributed by atoms with Gasteiger partial charge in [-0.2, -0.15) is 0 Å². The zero-order valence-corrected chi connectivity index (χ0v) is 21.1. The topological polar surface area (TPSA) is 94.1 Å². The molecule has 2 N–H and O–H groups in total. The highest BCUT2D eigenvalue weighted by atomic mass is 16.2. The molecule has 1 atom stereocenters. The first-order valence-electron chi connectivity index (χ1n) is 12.4. The molecule has 36 heavy (non-hydrogen) atoms. The van der Waals surface area contributed by atoms with Crippen molar-refractivity contribution in [2.24, 2.45) is 11.7 Å². The fraction of sp³-hybridized carbons (Fsp3) is 0.310. The van der Waals surface area contributed by atoms with Crippen molar-refractivity contribution < 1.29 is 4.79 Å². The van der Waals surface area contributed by atoms with Gasteiger partial charge in [0.1, 0.15) is 5.82 Å². The molecule has 0 radical (unpaired) electrons. The number of benzene rings is 2. The number of carbonyl (C=O) groups excluding carboxylic acids is 1. The van der Waals surface area contributed by atoms with Crippen LogP contribution in [0.5, 0.6) is 0 Å². The summed E-state index contributed by atoms with van der Waals surface area (Å²) in [5.41, 5.74) is 8.93. The Morgan fingerprint density at radius 3 is 2.44 bits per heavy atom. The Balaban J connectivity index is 1.91. The van der Waals surface area contributed by atoms with Crippen LogP contribution in [0.25, 0.3) is 10.9 Å². The number of amides is 1. The molecule has 4 rings (SSSR count). The molecule has 0 spiro atoms. The molecule has 7 nitrogen and oxygen atoms in total. The van der Waals surface area contributed by atoms with Crippen molar-refractivity contribution in [3.8, 4) is 0 Å². The van der Waals surface area contributed by atoms with Crippen molar-refractivity contribution in [2.75, 3.05) is 13.1 Å². The number of pyridine rings is 1. The van der Waals surface area contributed by atoms with E-state index in [4.69, 9.17) is 10.7 Å². The summed E-state index contributed by atoms with van der Waals surface area (Å²) in [4.78, 5) is 38.6. The summed E-state index contributed by atoms with van der Waals surface area (Å²) in [6.45, 7) is 7.36. The largest absolute Gasteiger partial charge is 0.330 e. The summed E-state index contributed by atoms with van der Waals surface area (Å²) < 4.78 is 1.70. The molecule has 2 aromatic carbocycles. The van der Waals surface area contributed by atoms with Crippen LogP contribution in [0.3, 0.4) is 0 Å². The summed E-state index contributed by atoms with van der Waals surface area (Å²) in [5, 5.41) is 0.457. The molecule has 0 aliphatic heterocycles. The minimum atomic E-state index is -0.431. The fourth-order valence-corrected chi connectivity index (χ4v) is 4.52. The normalized spacial score (nSPS) is 12.1. The molecule has 0 unspecified atom stereocenters. The predicted octanol–water partition coefficient (Wildman–Crippen LogP) is 4.34. The van der Waals surface area contributed by atoms with Crippen LogP contribution in [0.15, 0.2) is 77.9 Å². The monoisotopic (exact) mass is 483 g/mol. The van der Waals surface area contributed by atoms with Gasteiger partial charge in [-0.3, -0.25) is 19.1 Å². The van der Waals surface area contributed by atoms with Crippen molar-refractivity contribution in [3.63, 3.8) is 0 Å². The Bertz CT molecular complexity index is 1380. The molecule has 0 saturated heterocycles. The van der Waals surface area contributed by atoms with Gasteiger partial charge in [-0.25, -0.2) is 4.98 Å². The van der Waals surface area contributed by atoms with Gasteiger partial charge in [0.15, 0.2) is 0 Å². The number of aryl methyl sites for hydroxylation is 1. The van der Waals surface area contributed by atoms with Crippen molar-refractivity contribution >= 4 is 16.8 Å². The molecule has 186 valence electrons. The van der Waals surface area contributed by atoms with Crippen LogP contribution in [-0.4, -0.2) is 38.4 Å². The molecule has 0 bridgehead atoms. The van der Waals surface area contributed by atoms with Gasteiger partial charge in [-0.05, 0) is 49.6 Å². The molecule has 0 saturated carbocycles. The van der Waals surface area contributed by atoms with Gasteiger partial charge in [0.05, 0.1) is 23.5 Å². The molecule has 0 aliphatic rings. The molecule has 2 heterocycles. The first-order valence-corrected chi connectivity index (χ1v) is 12.4. The maximum atomic E-state index is 13.9.